The highest BCUT2D eigenvalue weighted by atomic mass is 19.1. The van der Waals surface area contributed by atoms with Crippen molar-refractivity contribution in [2.24, 2.45) is 0 Å². The van der Waals surface area contributed by atoms with E-state index in [2.05, 4.69) is 15.1 Å². The molecule has 1 aromatic carbocycles. The fourth-order valence-corrected chi connectivity index (χ4v) is 2.08. The summed E-state index contributed by atoms with van der Waals surface area (Å²) in [5, 5.41) is 4.68. The van der Waals surface area contributed by atoms with Crippen LogP contribution in [-0.2, 0) is 0 Å². The van der Waals surface area contributed by atoms with E-state index in [1.165, 1.54) is 6.07 Å². The van der Waals surface area contributed by atoms with Crippen LogP contribution in [0.4, 0.5) is 14.7 Å². The Hall–Kier alpha value is -2.57. The summed E-state index contributed by atoms with van der Waals surface area (Å²) in [7, 11) is 0. The lowest BCUT2D eigenvalue weighted by Crippen LogP contribution is -2.00. The first kappa shape index (κ1) is 13.4. The SMILES string of the molecule is CC(C)n1cc2c(F)cc(-c3nc(N)ncc3F)cc2n1. The molecule has 0 amide bonds. The highest BCUT2D eigenvalue weighted by molar-refractivity contribution is 5.84. The average Bonchev–Trinajstić information content (AvgIpc) is 2.86. The average molecular weight is 289 g/mol. The van der Waals surface area contributed by atoms with Gasteiger partial charge in [0.05, 0.1) is 17.1 Å². The molecule has 0 atom stereocenters. The number of nitrogens with two attached hydrogens (primary N) is 1. The van der Waals surface area contributed by atoms with Gasteiger partial charge in [0, 0.05) is 17.8 Å². The molecule has 0 aliphatic rings. The zero-order chi connectivity index (χ0) is 15.1. The Morgan fingerprint density at radius 3 is 2.67 bits per heavy atom. The quantitative estimate of drug-likeness (QED) is 0.787. The van der Waals surface area contributed by atoms with Crippen molar-refractivity contribution in [2.75, 3.05) is 5.73 Å². The fraction of sp³-hybridized carbons (Fsp3) is 0.214. The van der Waals surface area contributed by atoms with Gasteiger partial charge in [-0.1, -0.05) is 0 Å². The number of halogens is 2. The summed E-state index contributed by atoms with van der Waals surface area (Å²) in [5.74, 6) is -1.21. The van der Waals surface area contributed by atoms with Crippen molar-refractivity contribution in [3.8, 4) is 11.3 Å². The Morgan fingerprint density at radius 1 is 1.19 bits per heavy atom. The molecule has 0 radical (unpaired) electrons. The van der Waals surface area contributed by atoms with Gasteiger partial charge < -0.3 is 5.73 Å². The molecule has 0 spiro atoms. The van der Waals surface area contributed by atoms with Gasteiger partial charge in [-0.25, -0.2) is 18.7 Å². The lowest BCUT2D eigenvalue weighted by Gasteiger charge is -2.03. The van der Waals surface area contributed by atoms with Gasteiger partial charge in [-0.3, -0.25) is 4.68 Å². The molecule has 5 nitrogen and oxygen atoms in total. The number of anilines is 1. The van der Waals surface area contributed by atoms with Crippen molar-refractivity contribution in [3.05, 3.63) is 36.2 Å². The predicted octanol–water partition coefficient (Wildman–Crippen LogP) is 2.93. The largest absolute Gasteiger partial charge is 0.368 e. The van der Waals surface area contributed by atoms with E-state index in [9.17, 15) is 8.78 Å². The number of nitrogen functional groups attached to an aromatic ring is 1. The smallest absolute Gasteiger partial charge is 0.220 e. The summed E-state index contributed by atoms with van der Waals surface area (Å²) >= 11 is 0. The van der Waals surface area contributed by atoms with Crippen molar-refractivity contribution in [1.29, 1.82) is 0 Å². The third-order valence-corrected chi connectivity index (χ3v) is 3.16. The van der Waals surface area contributed by atoms with E-state index in [1.807, 2.05) is 13.8 Å². The highest BCUT2D eigenvalue weighted by Crippen LogP contribution is 2.27. The maximum Gasteiger partial charge on any atom is 0.220 e. The van der Waals surface area contributed by atoms with Gasteiger partial charge >= 0.3 is 0 Å². The van der Waals surface area contributed by atoms with E-state index in [-0.39, 0.29) is 23.2 Å². The van der Waals surface area contributed by atoms with Gasteiger partial charge in [-0.05, 0) is 26.0 Å². The Balaban J connectivity index is 2.22. The number of benzene rings is 1. The van der Waals surface area contributed by atoms with Gasteiger partial charge in [0.25, 0.3) is 0 Å². The molecular weight excluding hydrogens is 276 g/mol. The monoisotopic (exact) mass is 289 g/mol. The van der Waals surface area contributed by atoms with Crippen LogP contribution in [-0.4, -0.2) is 19.7 Å². The van der Waals surface area contributed by atoms with Crippen molar-refractivity contribution < 1.29 is 8.78 Å². The molecule has 21 heavy (non-hydrogen) atoms. The third-order valence-electron chi connectivity index (χ3n) is 3.16. The molecule has 0 aliphatic carbocycles. The highest BCUT2D eigenvalue weighted by Gasteiger charge is 2.14. The fourth-order valence-electron chi connectivity index (χ4n) is 2.08. The molecule has 2 aromatic heterocycles. The second-order valence-electron chi connectivity index (χ2n) is 5.02. The molecular formula is C14H13F2N5. The Labute approximate surface area is 119 Å². The van der Waals surface area contributed by atoms with Crippen LogP contribution in [0.15, 0.2) is 24.5 Å². The number of hydrogen-bond donors (Lipinski definition) is 1. The van der Waals surface area contributed by atoms with Gasteiger partial charge in [-0.15, -0.1) is 0 Å². The van der Waals surface area contributed by atoms with E-state index < -0.39 is 11.6 Å². The maximum absolute atomic E-state index is 14.2. The van der Waals surface area contributed by atoms with E-state index in [0.29, 0.717) is 10.9 Å². The molecule has 0 saturated carbocycles. The first-order chi connectivity index (χ1) is 9.95. The number of nitrogens with zero attached hydrogens (tertiary/aromatic N) is 4. The van der Waals surface area contributed by atoms with Crippen LogP contribution in [0, 0.1) is 11.6 Å². The van der Waals surface area contributed by atoms with Crippen molar-refractivity contribution in [2.45, 2.75) is 19.9 Å². The molecule has 108 valence electrons. The zero-order valence-electron chi connectivity index (χ0n) is 11.5. The van der Waals surface area contributed by atoms with E-state index >= 15 is 0 Å². The minimum Gasteiger partial charge on any atom is -0.368 e. The minimum atomic E-state index is -0.661. The predicted molar refractivity (Wildman–Crippen MR) is 75.5 cm³/mol. The topological polar surface area (TPSA) is 69.6 Å². The van der Waals surface area contributed by atoms with Crippen molar-refractivity contribution in [3.63, 3.8) is 0 Å². The molecule has 3 rings (SSSR count). The normalized spacial score (nSPS) is 11.5. The summed E-state index contributed by atoms with van der Waals surface area (Å²) in [6.07, 6.45) is 2.59. The molecule has 0 fully saturated rings. The van der Waals surface area contributed by atoms with Crippen LogP contribution in [0.5, 0.6) is 0 Å². The molecule has 2 N–H and O–H groups in total. The van der Waals surface area contributed by atoms with Crippen LogP contribution in [0.1, 0.15) is 19.9 Å². The Morgan fingerprint density at radius 2 is 1.95 bits per heavy atom. The second kappa shape index (κ2) is 4.76. The summed E-state index contributed by atoms with van der Waals surface area (Å²) in [6, 6.07) is 2.91. The summed E-state index contributed by atoms with van der Waals surface area (Å²) < 4.78 is 29.6. The molecule has 0 aliphatic heterocycles. The first-order valence-electron chi connectivity index (χ1n) is 6.42. The van der Waals surface area contributed by atoms with Crippen LogP contribution in [0.3, 0.4) is 0 Å². The Kier molecular flexibility index (Phi) is 3.04. The van der Waals surface area contributed by atoms with Gasteiger partial charge in [0.2, 0.25) is 5.95 Å². The second-order valence-corrected chi connectivity index (χ2v) is 5.02. The summed E-state index contributed by atoms with van der Waals surface area (Å²) in [4.78, 5) is 7.38. The molecule has 3 aromatic rings. The van der Waals surface area contributed by atoms with Crippen LogP contribution < -0.4 is 5.73 Å². The molecule has 0 unspecified atom stereocenters. The number of rotatable bonds is 2. The lowest BCUT2D eigenvalue weighted by molar-refractivity contribution is 0.537. The number of aromatic nitrogens is 4. The Bertz CT molecular complexity index is 826. The standard InChI is InChI=1S/C14H13F2N5/c1-7(2)21-6-9-10(15)3-8(4-12(9)20-21)13-11(16)5-18-14(17)19-13/h3-7H,1-2H3,(H2,17,18,19). The molecule has 7 heteroatoms. The van der Waals surface area contributed by atoms with Gasteiger partial charge in [0.15, 0.2) is 5.82 Å². The van der Waals surface area contributed by atoms with Gasteiger partial charge in [0.1, 0.15) is 11.5 Å². The zero-order valence-corrected chi connectivity index (χ0v) is 11.5. The van der Waals surface area contributed by atoms with E-state index in [1.54, 1.807) is 16.9 Å². The minimum absolute atomic E-state index is 0.0394. The van der Waals surface area contributed by atoms with Gasteiger partial charge in [-0.2, -0.15) is 5.10 Å². The molecule has 0 bridgehead atoms. The summed E-state index contributed by atoms with van der Waals surface area (Å²) in [6.45, 7) is 3.88. The lowest BCUT2D eigenvalue weighted by atomic mass is 10.1. The first-order valence-corrected chi connectivity index (χ1v) is 6.42. The van der Waals surface area contributed by atoms with Crippen molar-refractivity contribution >= 4 is 16.9 Å². The third kappa shape index (κ3) is 2.31. The molecule has 2 heterocycles. The maximum atomic E-state index is 14.2. The van der Waals surface area contributed by atoms with E-state index in [0.717, 1.165) is 6.20 Å². The number of fused-ring (bicyclic) bond motifs is 1. The van der Waals surface area contributed by atoms with Crippen molar-refractivity contribution in [1.82, 2.24) is 19.7 Å². The number of hydrogen-bond acceptors (Lipinski definition) is 4. The van der Waals surface area contributed by atoms with Crippen LogP contribution in [0.2, 0.25) is 0 Å². The molecule has 0 saturated heterocycles. The van der Waals surface area contributed by atoms with Crippen LogP contribution in [0.25, 0.3) is 22.2 Å². The summed E-state index contributed by atoms with van der Waals surface area (Å²) in [5.41, 5.74) is 6.14. The van der Waals surface area contributed by atoms with E-state index in [4.69, 9.17) is 5.73 Å². The van der Waals surface area contributed by atoms with Crippen LogP contribution >= 0.6 is 0 Å².